The van der Waals surface area contributed by atoms with Crippen LogP contribution in [-0.4, -0.2) is 74.4 Å². The van der Waals surface area contributed by atoms with Gasteiger partial charge >= 0.3 is 6.01 Å². The van der Waals surface area contributed by atoms with E-state index in [1.807, 2.05) is 9.47 Å². The van der Waals surface area contributed by atoms with Gasteiger partial charge in [-0.1, -0.05) is 11.2 Å². The number of aromatic nitrogens is 5. The summed E-state index contributed by atoms with van der Waals surface area (Å²) in [7, 11) is 3.20. The Labute approximate surface area is 211 Å². The van der Waals surface area contributed by atoms with Crippen molar-refractivity contribution in [1.82, 2.24) is 29.6 Å². The molecule has 1 aliphatic rings. The Hall–Kier alpha value is -3.93. The predicted octanol–water partition coefficient (Wildman–Crippen LogP) is 2.76. The van der Waals surface area contributed by atoms with Gasteiger partial charge in [-0.2, -0.15) is 4.98 Å². The standard InChI is InChI=1S/C25H27F2N7O3/c1-32(2)24(36)16-4-3-15(18(26)11-16)12-20-22-19(27)13-34(23(22)29-14-28-20)17-5-8-33(9-6-17)25-30-21(7-10-35)31-37-25/h3-4,11,13-14,17,35H,5-10,12H2,1-2H3. The average Bonchev–Trinajstić information content (AvgIpc) is 3.50. The van der Waals surface area contributed by atoms with E-state index in [1.165, 1.54) is 29.6 Å². The van der Waals surface area contributed by atoms with Crippen molar-refractivity contribution in [2.75, 3.05) is 38.7 Å². The molecule has 3 aromatic heterocycles. The van der Waals surface area contributed by atoms with Crippen LogP contribution in [0.2, 0.25) is 0 Å². The van der Waals surface area contributed by atoms with Gasteiger partial charge in [-0.05, 0) is 30.5 Å². The second-order valence-corrected chi connectivity index (χ2v) is 9.27. The SMILES string of the molecule is CN(C)C(=O)c1ccc(Cc2ncnc3c2c(F)cn3C2CCN(c3nc(CCO)no3)CC2)c(F)c1. The van der Waals surface area contributed by atoms with Crippen molar-refractivity contribution in [2.24, 2.45) is 0 Å². The van der Waals surface area contributed by atoms with Gasteiger partial charge in [0.15, 0.2) is 11.6 Å². The van der Waals surface area contributed by atoms with Gasteiger partial charge in [0.1, 0.15) is 17.8 Å². The lowest BCUT2D eigenvalue weighted by Crippen LogP contribution is -2.34. The van der Waals surface area contributed by atoms with Gasteiger partial charge in [-0.3, -0.25) is 4.79 Å². The number of hydrogen-bond donors (Lipinski definition) is 1. The molecule has 37 heavy (non-hydrogen) atoms. The molecule has 0 spiro atoms. The summed E-state index contributed by atoms with van der Waals surface area (Å²) in [6.45, 7) is 1.22. The third-order valence-corrected chi connectivity index (χ3v) is 6.63. The number of benzene rings is 1. The van der Waals surface area contributed by atoms with Crippen molar-refractivity contribution >= 4 is 23.0 Å². The Morgan fingerprint density at radius 1 is 1.19 bits per heavy atom. The summed E-state index contributed by atoms with van der Waals surface area (Å²) < 4.78 is 37.1. The van der Waals surface area contributed by atoms with Crippen molar-refractivity contribution in [3.8, 4) is 0 Å². The largest absolute Gasteiger partial charge is 0.396 e. The fourth-order valence-electron chi connectivity index (χ4n) is 4.68. The third kappa shape index (κ3) is 4.88. The van der Waals surface area contributed by atoms with Crippen LogP contribution in [0.4, 0.5) is 14.8 Å². The molecule has 0 aliphatic carbocycles. The normalized spacial score (nSPS) is 14.5. The molecule has 1 N–H and O–H groups in total. The number of piperidine rings is 1. The van der Waals surface area contributed by atoms with Gasteiger partial charge in [0, 0.05) is 57.8 Å². The number of anilines is 1. The molecular weight excluding hydrogens is 484 g/mol. The minimum absolute atomic E-state index is 0.00102. The molecule has 0 atom stereocenters. The van der Waals surface area contributed by atoms with Gasteiger partial charge in [0.05, 0.1) is 17.7 Å². The highest BCUT2D eigenvalue weighted by Gasteiger charge is 2.27. The van der Waals surface area contributed by atoms with E-state index in [-0.39, 0.29) is 35.9 Å². The molecule has 1 saturated heterocycles. The van der Waals surface area contributed by atoms with E-state index in [4.69, 9.17) is 9.63 Å². The van der Waals surface area contributed by atoms with Gasteiger partial charge in [0.2, 0.25) is 0 Å². The van der Waals surface area contributed by atoms with Gasteiger partial charge in [-0.25, -0.2) is 18.7 Å². The molecule has 0 unspecified atom stereocenters. The summed E-state index contributed by atoms with van der Waals surface area (Å²) in [6, 6.07) is 4.70. The van der Waals surface area contributed by atoms with Crippen LogP contribution in [-0.2, 0) is 12.8 Å². The van der Waals surface area contributed by atoms with E-state index in [9.17, 15) is 9.18 Å². The molecule has 0 radical (unpaired) electrons. The molecule has 0 bridgehead atoms. The second kappa shape index (κ2) is 10.2. The summed E-state index contributed by atoms with van der Waals surface area (Å²) in [5, 5.41) is 13.2. The maximum atomic E-state index is 15.2. The Bertz CT molecular complexity index is 1430. The number of aliphatic hydroxyl groups is 1. The van der Waals surface area contributed by atoms with E-state index < -0.39 is 11.6 Å². The van der Waals surface area contributed by atoms with Crippen molar-refractivity contribution in [3.05, 3.63) is 65.0 Å². The van der Waals surface area contributed by atoms with Crippen molar-refractivity contribution in [1.29, 1.82) is 0 Å². The van der Waals surface area contributed by atoms with Crippen LogP contribution in [0.15, 0.2) is 35.2 Å². The van der Waals surface area contributed by atoms with E-state index in [2.05, 4.69) is 20.1 Å². The molecule has 0 saturated carbocycles. The van der Waals surface area contributed by atoms with Crippen LogP contribution in [0.5, 0.6) is 0 Å². The molecule has 1 fully saturated rings. The number of carbonyl (C=O) groups is 1. The topological polar surface area (TPSA) is 113 Å². The van der Waals surface area contributed by atoms with Gasteiger partial charge < -0.3 is 24.0 Å². The van der Waals surface area contributed by atoms with Crippen molar-refractivity contribution < 1.29 is 23.2 Å². The van der Waals surface area contributed by atoms with Crippen LogP contribution >= 0.6 is 0 Å². The molecule has 12 heteroatoms. The van der Waals surface area contributed by atoms with Crippen LogP contribution in [0.3, 0.4) is 0 Å². The highest BCUT2D eigenvalue weighted by atomic mass is 19.1. The number of hydrogen-bond acceptors (Lipinski definition) is 8. The summed E-state index contributed by atoms with van der Waals surface area (Å²) >= 11 is 0. The number of aliphatic hydroxyl groups excluding tert-OH is 1. The number of rotatable bonds is 7. The summed E-state index contributed by atoms with van der Waals surface area (Å²) in [4.78, 5) is 28.4. The number of nitrogens with zero attached hydrogens (tertiary/aromatic N) is 7. The first-order valence-corrected chi connectivity index (χ1v) is 12.0. The van der Waals surface area contributed by atoms with Crippen LogP contribution in [0.1, 0.15) is 46.3 Å². The predicted molar refractivity (Wildman–Crippen MR) is 130 cm³/mol. The number of amides is 1. The lowest BCUT2D eigenvalue weighted by molar-refractivity contribution is 0.0827. The highest BCUT2D eigenvalue weighted by Crippen LogP contribution is 2.32. The number of halogens is 2. The van der Waals surface area contributed by atoms with E-state index in [0.29, 0.717) is 61.1 Å². The Morgan fingerprint density at radius 3 is 2.68 bits per heavy atom. The minimum atomic E-state index is -0.546. The van der Waals surface area contributed by atoms with Crippen LogP contribution in [0.25, 0.3) is 11.0 Å². The average molecular weight is 512 g/mol. The van der Waals surface area contributed by atoms with Crippen molar-refractivity contribution in [3.63, 3.8) is 0 Å². The van der Waals surface area contributed by atoms with Crippen LogP contribution in [0, 0.1) is 11.6 Å². The van der Waals surface area contributed by atoms with E-state index in [1.54, 1.807) is 20.2 Å². The molecule has 1 aromatic carbocycles. The number of fused-ring (bicyclic) bond motifs is 1. The third-order valence-electron chi connectivity index (χ3n) is 6.63. The zero-order chi connectivity index (χ0) is 26.1. The first kappa shape index (κ1) is 24.8. The fourth-order valence-corrected chi connectivity index (χ4v) is 4.68. The first-order chi connectivity index (χ1) is 17.9. The van der Waals surface area contributed by atoms with E-state index >= 15 is 4.39 Å². The molecular formula is C25H27F2N7O3. The molecule has 10 nitrogen and oxygen atoms in total. The lowest BCUT2D eigenvalue weighted by atomic mass is 10.0. The lowest BCUT2D eigenvalue weighted by Gasteiger charge is -2.31. The molecule has 5 rings (SSSR count). The van der Waals surface area contributed by atoms with Crippen LogP contribution < -0.4 is 4.90 Å². The van der Waals surface area contributed by atoms with Gasteiger partial charge in [0.25, 0.3) is 5.91 Å². The molecule has 1 aliphatic heterocycles. The maximum Gasteiger partial charge on any atom is 0.324 e. The molecule has 194 valence electrons. The summed E-state index contributed by atoms with van der Waals surface area (Å²) in [5.74, 6) is -0.848. The number of carbonyl (C=O) groups excluding carboxylic acids is 1. The highest BCUT2D eigenvalue weighted by molar-refractivity contribution is 5.94. The quantitative estimate of drug-likeness (QED) is 0.403. The smallest absolute Gasteiger partial charge is 0.324 e. The second-order valence-electron chi connectivity index (χ2n) is 9.27. The van der Waals surface area contributed by atoms with E-state index in [0.717, 1.165) is 0 Å². The Balaban J connectivity index is 1.35. The fraction of sp³-hybridized carbons (Fsp3) is 0.400. The molecule has 4 heterocycles. The van der Waals surface area contributed by atoms with Gasteiger partial charge in [-0.15, -0.1) is 0 Å². The Morgan fingerprint density at radius 2 is 1.97 bits per heavy atom. The zero-order valence-corrected chi connectivity index (χ0v) is 20.6. The van der Waals surface area contributed by atoms with Crippen molar-refractivity contribution in [2.45, 2.75) is 31.7 Å². The summed E-state index contributed by atoms with van der Waals surface area (Å²) in [5.41, 5.74) is 1.40. The maximum absolute atomic E-state index is 15.2. The Kier molecular flexibility index (Phi) is 6.83. The monoisotopic (exact) mass is 511 g/mol. The minimum Gasteiger partial charge on any atom is -0.396 e. The summed E-state index contributed by atoms with van der Waals surface area (Å²) in [6.07, 6.45) is 4.61. The molecule has 1 amide bonds. The molecule has 4 aromatic rings. The first-order valence-electron chi connectivity index (χ1n) is 12.0. The zero-order valence-electron chi connectivity index (χ0n) is 20.6.